The maximum Gasteiger partial charge on any atom is 0.321 e. The molecule has 49 heteroatoms. The molecule has 3 aromatic carbocycles. The van der Waals surface area contributed by atoms with E-state index in [9.17, 15) is 134 Å². The maximum absolute atomic E-state index is 13.9. The van der Waals surface area contributed by atoms with Crippen LogP contribution in [-0.2, 0) is 110 Å². The Bertz CT molecular complexity index is 3990. The lowest BCUT2D eigenvalue weighted by atomic mass is 9.94. The van der Waals surface area contributed by atoms with Crippen molar-refractivity contribution in [3.8, 4) is 0 Å². The van der Waals surface area contributed by atoms with Gasteiger partial charge in [0.25, 0.3) is 10.1 Å². The minimum Gasteiger partial charge on any atom is -0.462 e. The summed E-state index contributed by atoms with van der Waals surface area (Å²) >= 11 is 0. The van der Waals surface area contributed by atoms with Gasteiger partial charge in [-0.25, -0.2) is 8.42 Å². The molecule has 30 fully saturated rings. The summed E-state index contributed by atoms with van der Waals surface area (Å²) in [4.78, 5) is 14.7. The third-order valence-electron chi connectivity index (χ3n) is 21.7. The van der Waals surface area contributed by atoms with E-state index in [-0.39, 0.29) is 10.3 Å². The number of aryl methyl sites for hydroxylation is 1. The number of hydrogen-bond acceptors (Lipinski definition) is 46. The minimum atomic E-state index is -4.79. The average molecular weight is 1740 g/mol. The molecule has 3 aromatic rings. The zero-order valence-electron chi connectivity index (χ0n) is 62.7. The fourth-order valence-electron chi connectivity index (χ4n) is 15.2. The Hall–Kier alpha value is -4.51. The summed E-state index contributed by atoms with van der Waals surface area (Å²) in [6.07, 6.45) is -88.4. The van der Waals surface area contributed by atoms with Crippen molar-refractivity contribution in [2.24, 2.45) is 0 Å². The molecule has 0 radical (unpaired) electrons. The Kier molecular flexibility index (Phi) is 30.6. The summed E-state index contributed by atoms with van der Waals surface area (Å²) < 4.78 is 162. The van der Waals surface area contributed by atoms with Crippen LogP contribution in [-0.4, -0.2) is 454 Å². The molecule has 23 N–H and O–H groups in total. The lowest BCUT2D eigenvalue weighted by molar-refractivity contribution is -0.404. The summed E-state index contributed by atoms with van der Waals surface area (Å²) in [6, 6.07) is 14.4. The van der Waals surface area contributed by atoms with Crippen molar-refractivity contribution in [1.29, 1.82) is 0 Å². The lowest BCUT2D eigenvalue weighted by Gasteiger charge is -2.50. The van der Waals surface area contributed by atoms with Crippen LogP contribution in [0.1, 0.15) is 5.56 Å². The molecule has 30 saturated heterocycles. The quantitative estimate of drug-likeness (QED) is 0.0441. The van der Waals surface area contributed by atoms with Gasteiger partial charge in [0.2, 0.25) is 10.0 Å². The van der Waals surface area contributed by atoms with Crippen molar-refractivity contribution in [3.63, 3.8) is 0 Å². The van der Waals surface area contributed by atoms with Gasteiger partial charge in [-0.2, -0.15) is 13.1 Å². The largest absolute Gasteiger partial charge is 0.462 e. The number of esters is 1. The number of hydrogen-bond donors (Lipinski definition) is 23. The number of benzene rings is 3. The number of aliphatic hydroxyl groups is 22. The molecule has 0 saturated carbocycles. The Morgan fingerprint density at radius 3 is 0.898 bits per heavy atom. The van der Waals surface area contributed by atoms with Crippen molar-refractivity contribution in [1.82, 2.24) is 4.72 Å². The Labute approximate surface area is 670 Å². The zero-order chi connectivity index (χ0) is 85.6. The molecule has 47 nitrogen and oxygen atoms in total. The van der Waals surface area contributed by atoms with Gasteiger partial charge in [0, 0.05) is 30.6 Å². The molecule has 30 aliphatic heterocycles. The summed E-state index contributed by atoms with van der Waals surface area (Å²) in [6.45, 7) is -8.88. The number of ether oxygens (including phenoxy) is 17. The second-order valence-electron chi connectivity index (χ2n) is 29.7. The number of rotatable bonds is 17. The van der Waals surface area contributed by atoms with Crippen LogP contribution in [0.2, 0.25) is 0 Å². The number of carbonyl (C=O) groups excluding carboxylic acids is 1. The summed E-state index contributed by atoms with van der Waals surface area (Å²) in [7, 11) is -5.88. The van der Waals surface area contributed by atoms with Crippen LogP contribution in [0, 0.1) is 6.92 Å². The monoisotopic (exact) mass is 1740 g/mol. The summed E-state index contributed by atoms with van der Waals surface area (Å²) in [5.74, 6) is -1.35. The predicted molar refractivity (Wildman–Crippen MR) is 376 cm³/mol. The van der Waals surface area contributed by atoms with Gasteiger partial charge >= 0.3 is 5.97 Å². The van der Waals surface area contributed by atoms with Gasteiger partial charge in [-0.1, -0.05) is 42.0 Å². The van der Waals surface area contributed by atoms with E-state index in [1.54, 1.807) is 44.1 Å². The van der Waals surface area contributed by atoms with Gasteiger partial charge in [-0.3, -0.25) is 8.98 Å². The van der Waals surface area contributed by atoms with Crippen molar-refractivity contribution in [2.75, 3.05) is 78.4 Å². The molecular weight excluding hydrogens is 1640 g/mol. The average Bonchev–Trinajstić information content (AvgIpc) is 0.776. The first kappa shape index (κ1) is 92.7. The van der Waals surface area contributed by atoms with Crippen LogP contribution in [0.3, 0.4) is 0 Å². The van der Waals surface area contributed by atoms with E-state index in [0.29, 0.717) is 16.6 Å². The number of sulfonamides is 1. The molecule has 16 bridgehead atoms. The summed E-state index contributed by atoms with van der Waals surface area (Å²) in [5.41, 5.74) is 1.27. The fourth-order valence-corrected chi connectivity index (χ4v) is 17.3. The zero-order valence-corrected chi connectivity index (χ0v) is 64.4. The van der Waals surface area contributed by atoms with E-state index in [1.807, 2.05) is 0 Å². The molecule has 40 atom stereocenters. The van der Waals surface area contributed by atoms with Crippen LogP contribution in [0.15, 0.2) is 70.5 Å². The van der Waals surface area contributed by atoms with E-state index >= 15 is 0 Å². The molecule has 0 aromatic heterocycles. The maximum atomic E-state index is 13.9. The topological polar surface area (TPSA) is 712 Å². The fraction of sp³-hybridized carbons (Fsp3) is 0.754. The molecule has 0 aliphatic carbocycles. The van der Waals surface area contributed by atoms with Crippen LogP contribution in [0.25, 0.3) is 10.8 Å². The number of anilines is 1. The van der Waals surface area contributed by atoms with Gasteiger partial charge in [0.15, 0.2) is 50.3 Å². The standard InChI is InChI=1S/C69H100N2O45S2/c1-23-10-12-24(13-11-23)118(97,98)100-22-35-61-45(86)53(94)69(108-35)114-59-33(20-77)104-65(49(90)41(59)82)110-55-29(16-73)101-62(46(87)38(55)79)111-56-30(17-74)105-66(50(91)42(56)83)115-60-34(21-99-37(78)14-70-117(95,96)36-9-5-6-25-26(36)7-4-8-27(25)71(2)3)107-68(52(93)44(60)85)113-58-32(19-76)103-64(48(89)40(58)81)109-54-28(15-72)102-63(47(88)39(54)80)112-57-31(18-75)106-67(116-61)51(92)43(57)84/h4-13,28-35,38-70,72-77,79-94H,14-22H2,1-3H3/t28-,29+,30-,31+,32-,33-,34-,35-,38-,39-,40-,41-,42-,43-,44-,45-,46-,47+,48-,49-,50+,51-,52-,53-,54-,55-,56-,57-,58-,59-,60-,61-,62-,63-,64-,65-,66-,67-,68-,69-/m1/s1. The highest BCUT2D eigenvalue weighted by atomic mass is 32.2. The Morgan fingerprint density at radius 1 is 0.347 bits per heavy atom. The van der Waals surface area contributed by atoms with Crippen molar-refractivity contribution >= 4 is 42.6 Å². The van der Waals surface area contributed by atoms with Gasteiger partial charge < -0.3 is 198 Å². The number of nitrogens with one attached hydrogen (secondary N) is 1. The first-order valence-electron chi connectivity index (χ1n) is 37.3. The normalized spacial score (nSPS) is 44.5. The first-order chi connectivity index (χ1) is 56.0. The summed E-state index contributed by atoms with van der Waals surface area (Å²) in [5, 5.41) is 253. The van der Waals surface area contributed by atoms with Crippen LogP contribution >= 0.6 is 0 Å². The van der Waals surface area contributed by atoms with E-state index in [2.05, 4.69) is 4.72 Å². The SMILES string of the molecule is Cc1ccc(S(=O)(=O)OC[C@H]2O[C@@H]3O[C@H]4[C@H](O)[C@@H](O)[C@@H](O[C@H]5[C@H](O)[C@@H](O)[C@@H](O[C@H]6[C@H](O)[C@H](O)[C@@H](O[C@H]7[C@H](O)[C@@H](O)[C@@H](O[C@H]8[C@H](O)[C@@H](O)[C@@H](O[C@H]9[C@H](O)[C@H](O)[C@@H](O[C@H]%10[C@H](O)[C@@H](O)[C@@H](O[C@H]2[C@H](O)[C@H]3O)O[C@H]%10CO)O[C@@H]9CO)O[C@@H]8CO)O[C@@H]7COC(=O)CNS(=O)(=O)c2cccc3c(N(C)C)cccc23)O[C@@H]6CO)O[C@H]5CO)O[C@@H]4CO)cc1. The van der Waals surface area contributed by atoms with Crippen molar-refractivity contribution < 1.29 is 219 Å². The lowest BCUT2D eigenvalue weighted by Crippen LogP contribution is -2.69. The van der Waals surface area contributed by atoms with Crippen molar-refractivity contribution in [2.45, 2.75) is 262 Å². The molecule has 668 valence electrons. The number of nitrogens with zero attached hydrogens (tertiary/aromatic N) is 1. The molecule has 33 rings (SSSR count). The number of carbonyl (C=O) groups is 1. The predicted octanol–water partition coefficient (Wildman–Crippen LogP) is -13.9. The third-order valence-corrected chi connectivity index (χ3v) is 24.4. The van der Waals surface area contributed by atoms with Crippen LogP contribution in [0.4, 0.5) is 5.69 Å². The van der Waals surface area contributed by atoms with Crippen LogP contribution < -0.4 is 9.62 Å². The van der Waals surface area contributed by atoms with Crippen molar-refractivity contribution in [3.05, 3.63) is 66.2 Å². The van der Waals surface area contributed by atoms with E-state index in [4.69, 9.17) is 84.7 Å². The second kappa shape index (κ2) is 38.9. The third kappa shape index (κ3) is 19.2. The van der Waals surface area contributed by atoms with E-state index in [1.165, 1.54) is 42.5 Å². The van der Waals surface area contributed by atoms with Gasteiger partial charge in [-0.15, -0.1) is 0 Å². The molecule has 118 heavy (non-hydrogen) atoms. The first-order valence-corrected chi connectivity index (χ1v) is 40.2. The molecular formula is C69H100N2O45S2. The second-order valence-corrected chi connectivity index (χ2v) is 33.0. The van der Waals surface area contributed by atoms with Gasteiger partial charge in [0.1, 0.15) is 208 Å². The molecule has 0 unspecified atom stereocenters. The van der Waals surface area contributed by atoms with E-state index < -0.39 is 336 Å². The number of fused-ring (bicyclic) bond motifs is 1. The molecule has 0 amide bonds. The Balaban J connectivity index is 0.827. The van der Waals surface area contributed by atoms with Gasteiger partial charge in [0.05, 0.1) is 56.0 Å². The number of aliphatic hydroxyl groups excluding tert-OH is 22. The highest BCUT2D eigenvalue weighted by Gasteiger charge is 2.61. The Morgan fingerprint density at radius 2 is 0.610 bits per heavy atom. The molecule has 30 aliphatic rings. The highest BCUT2D eigenvalue weighted by Crippen LogP contribution is 2.41. The minimum absolute atomic E-state index is 0.252. The smallest absolute Gasteiger partial charge is 0.321 e. The van der Waals surface area contributed by atoms with E-state index in [0.717, 1.165) is 0 Å². The molecule has 30 heterocycles. The highest BCUT2D eigenvalue weighted by molar-refractivity contribution is 7.89. The molecule has 0 spiro atoms. The van der Waals surface area contributed by atoms with Crippen LogP contribution in [0.5, 0.6) is 0 Å². The van der Waals surface area contributed by atoms with Gasteiger partial charge in [-0.05, 0) is 31.2 Å².